The summed E-state index contributed by atoms with van der Waals surface area (Å²) in [6, 6.07) is 20.3. The fraction of sp³-hybridized carbons (Fsp3) is 0.154. The molecule has 0 unspecified atom stereocenters. The molecule has 1 aliphatic rings. The Morgan fingerprint density at radius 3 is 2.49 bits per heavy atom. The maximum absolute atomic E-state index is 12.8. The average molecular weight is 575 g/mol. The van der Waals surface area contributed by atoms with Crippen LogP contribution in [0.1, 0.15) is 11.1 Å². The van der Waals surface area contributed by atoms with Gasteiger partial charge in [0.15, 0.2) is 11.5 Å². The second kappa shape index (κ2) is 11.7. The van der Waals surface area contributed by atoms with Crippen LogP contribution in [0.2, 0.25) is 5.02 Å². The number of benzene rings is 3. The molecular formula is C26H21BrClNO5S. The Hall–Kier alpha value is -2.94. The molecule has 0 radical (unpaired) electrons. The summed E-state index contributed by atoms with van der Waals surface area (Å²) < 4.78 is 18.0. The van der Waals surface area contributed by atoms with Gasteiger partial charge < -0.3 is 14.2 Å². The highest BCUT2D eigenvalue weighted by molar-refractivity contribution is 9.10. The number of nitrogens with zero attached hydrogens (tertiary/aromatic N) is 1. The van der Waals surface area contributed by atoms with Crippen LogP contribution in [0.4, 0.5) is 4.79 Å². The topological polar surface area (TPSA) is 65.1 Å². The van der Waals surface area contributed by atoms with E-state index in [0.717, 1.165) is 27.4 Å². The summed E-state index contributed by atoms with van der Waals surface area (Å²) in [5.41, 5.74) is 1.74. The summed E-state index contributed by atoms with van der Waals surface area (Å²) in [4.78, 5) is 26.7. The lowest BCUT2D eigenvalue weighted by Crippen LogP contribution is -2.32. The van der Waals surface area contributed by atoms with E-state index in [-0.39, 0.29) is 24.3 Å². The van der Waals surface area contributed by atoms with Gasteiger partial charge in [-0.25, -0.2) is 0 Å². The maximum Gasteiger partial charge on any atom is 0.293 e. The zero-order valence-electron chi connectivity index (χ0n) is 18.7. The fourth-order valence-corrected chi connectivity index (χ4v) is 4.61. The second-order valence-corrected chi connectivity index (χ2v) is 9.75. The van der Waals surface area contributed by atoms with Gasteiger partial charge in [-0.1, -0.05) is 57.9 Å². The summed E-state index contributed by atoms with van der Waals surface area (Å²) in [6.07, 6.45) is 1.67. The molecule has 35 heavy (non-hydrogen) atoms. The Labute approximate surface area is 220 Å². The van der Waals surface area contributed by atoms with Crippen molar-refractivity contribution < 1.29 is 23.8 Å². The number of rotatable bonds is 9. The number of amides is 2. The van der Waals surface area contributed by atoms with E-state index in [1.807, 2.05) is 30.3 Å². The van der Waals surface area contributed by atoms with Gasteiger partial charge in [0.2, 0.25) is 0 Å². The summed E-state index contributed by atoms with van der Waals surface area (Å²) in [7, 11) is 1.55. The molecule has 0 N–H and O–H groups in total. The fourth-order valence-electron chi connectivity index (χ4n) is 3.29. The van der Waals surface area contributed by atoms with Crippen molar-refractivity contribution in [3.8, 4) is 17.2 Å². The third-order valence-electron chi connectivity index (χ3n) is 5.08. The van der Waals surface area contributed by atoms with E-state index in [1.54, 1.807) is 49.6 Å². The van der Waals surface area contributed by atoms with Crippen LogP contribution in [0.15, 0.2) is 76.1 Å². The lowest BCUT2D eigenvalue weighted by molar-refractivity contribution is -0.123. The van der Waals surface area contributed by atoms with Crippen LogP contribution < -0.4 is 14.2 Å². The minimum absolute atomic E-state index is 0.124. The molecule has 2 amide bonds. The normalized spacial score (nSPS) is 14.5. The first kappa shape index (κ1) is 25.2. The molecule has 3 aromatic rings. The van der Waals surface area contributed by atoms with Crippen LogP contribution in [0.3, 0.4) is 0 Å². The van der Waals surface area contributed by atoms with E-state index in [0.29, 0.717) is 33.8 Å². The summed E-state index contributed by atoms with van der Waals surface area (Å²) in [5.74, 6) is 1.25. The first-order chi connectivity index (χ1) is 16.9. The standard InChI is InChI=1S/C26H21BrClNO5S/c1-32-23-14-18(8-11-22(23)34-16-17-6-9-19(27)10-7-17)15-24-25(30)29(26(31)35-24)12-13-33-21-5-3-2-4-20(21)28/h2-11,14-15H,12-13,16H2,1H3/b24-15-. The number of hydrogen-bond acceptors (Lipinski definition) is 6. The van der Waals surface area contributed by atoms with Crippen LogP contribution in [-0.2, 0) is 11.4 Å². The third kappa shape index (κ3) is 6.39. The number of ether oxygens (including phenoxy) is 3. The number of thioether (sulfide) groups is 1. The van der Waals surface area contributed by atoms with Gasteiger partial charge in [-0.2, -0.15) is 0 Å². The maximum atomic E-state index is 12.8. The first-order valence-electron chi connectivity index (χ1n) is 10.6. The molecule has 1 fully saturated rings. The van der Waals surface area contributed by atoms with Crippen molar-refractivity contribution in [2.24, 2.45) is 0 Å². The monoisotopic (exact) mass is 573 g/mol. The van der Waals surface area contributed by atoms with E-state index >= 15 is 0 Å². The highest BCUT2D eigenvalue weighted by atomic mass is 79.9. The second-order valence-electron chi connectivity index (χ2n) is 7.44. The lowest BCUT2D eigenvalue weighted by atomic mass is 10.1. The molecule has 3 aromatic carbocycles. The molecule has 1 aliphatic heterocycles. The lowest BCUT2D eigenvalue weighted by Gasteiger charge is -2.14. The summed E-state index contributed by atoms with van der Waals surface area (Å²) >= 11 is 10.4. The molecule has 180 valence electrons. The number of halogens is 2. The number of carbonyl (C=O) groups is 2. The largest absolute Gasteiger partial charge is 0.493 e. The molecule has 1 saturated heterocycles. The molecule has 0 saturated carbocycles. The van der Waals surface area contributed by atoms with E-state index in [2.05, 4.69) is 15.9 Å². The van der Waals surface area contributed by atoms with Crippen molar-refractivity contribution in [3.63, 3.8) is 0 Å². The molecule has 6 nitrogen and oxygen atoms in total. The van der Waals surface area contributed by atoms with E-state index in [4.69, 9.17) is 25.8 Å². The van der Waals surface area contributed by atoms with Crippen LogP contribution in [0.25, 0.3) is 6.08 Å². The Kier molecular flexibility index (Phi) is 8.38. The molecule has 0 spiro atoms. The number of para-hydroxylation sites is 1. The van der Waals surface area contributed by atoms with E-state index < -0.39 is 0 Å². The number of carbonyl (C=O) groups excluding carboxylic acids is 2. The van der Waals surface area contributed by atoms with Gasteiger partial charge >= 0.3 is 0 Å². The van der Waals surface area contributed by atoms with E-state index in [1.165, 1.54) is 4.90 Å². The smallest absolute Gasteiger partial charge is 0.293 e. The number of imide groups is 1. The van der Waals surface area contributed by atoms with Gasteiger partial charge in [-0.05, 0) is 65.4 Å². The summed E-state index contributed by atoms with van der Waals surface area (Å²) in [5, 5.41) is 0.130. The third-order valence-corrected chi connectivity index (χ3v) is 6.82. The van der Waals surface area contributed by atoms with Gasteiger partial charge in [0.1, 0.15) is 19.0 Å². The first-order valence-corrected chi connectivity index (χ1v) is 12.6. The van der Waals surface area contributed by atoms with Gasteiger partial charge in [0.05, 0.1) is 23.6 Å². The van der Waals surface area contributed by atoms with Gasteiger partial charge in [0, 0.05) is 4.47 Å². The quantitative estimate of drug-likeness (QED) is 0.262. The zero-order valence-corrected chi connectivity index (χ0v) is 21.9. The molecule has 1 heterocycles. The Balaban J connectivity index is 1.40. The predicted molar refractivity (Wildman–Crippen MR) is 141 cm³/mol. The molecule has 9 heteroatoms. The van der Waals surface area contributed by atoms with Crippen molar-refractivity contribution in [1.82, 2.24) is 4.90 Å². The Bertz CT molecular complexity index is 1260. The van der Waals surface area contributed by atoms with Crippen molar-refractivity contribution in [2.75, 3.05) is 20.3 Å². The molecule has 4 rings (SSSR count). The predicted octanol–water partition coefficient (Wildman–Crippen LogP) is 6.81. The van der Waals surface area contributed by atoms with Gasteiger partial charge in [-0.3, -0.25) is 14.5 Å². The molecule has 0 bridgehead atoms. The van der Waals surface area contributed by atoms with Crippen molar-refractivity contribution in [1.29, 1.82) is 0 Å². The molecule has 0 aliphatic carbocycles. The minimum Gasteiger partial charge on any atom is -0.493 e. The molecule has 0 aromatic heterocycles. The van der Waals surface area contributed by atoms with Crippen molar-refractivity contribution in [2.45, 2.75) is 6.61 Å². The average Bonchev–Trinajstić information content (AvgIpc) is 3.12. The zero-order chi connectivity index (χ0) is 24.8. The van der Waals surface area contributed by atoms with Crippen LogP contribution in [-0.4, -0.2) is 36.3 Å². The highest BCUT2D eigenvalue weighted by Crippen LogP contribution is 2.35. The van der Waals surface area contributed by atoms with Gasteiger partial charge in [-0.15, -0.1) is 0 Å². The highest BCUT2D eigenvalue weighted by Gasteiger charge is 2.34. The Morgan fingerprint density at radius 2 is 1.74 bits per heavy atom. The van der Waals surface area contributed by atoms with Crippen LogP contribution >= 0.6 is 39.3 Å². The molecule has 0 atom stereocenters. The van der Waals surface area contributed by atoms with Crippen LogP contribution in [0.5, 0.6) is 17.2 Å². The number of methoxy groups -OCH3 is 1. The Morgan fingerprint density at radius 1 is 0.971 bits per heavy atom. The van der Waals surface area contributed by atoms with E-state index in [9.17, 15) is 9.59 Å². The van der Waals surface area contributed by atoms with Crippen molar-refractivity contribution >= 4 is 56.5 Å². The molecular weight excluding hydrogens is 554 g/mol. The van der Waals surface area contributed by atoms with Crippen LogP contribution in [0, 0.1) is 0 Å². The number of hydrogen-bond donors (Lipinski definition) is 0. The SMILES string of the molecule is COc1cc(/C=C2\SC(=O)N(CCOc3ccccc3Cl)C2=O)ccc1OCc1ccc(Br)cc1. The van der Waals surface area contributed by atoms with Crippen molar-refractivity contribution in [3.05, 3.63) is 92.3 Å². The summed E-state index contributed by atoms with van der Waals surface area (Å²) in [6.45, 7) is 0.658. The van der Waals surface area contributed by atoms with Gasteiger partial charge in [0.25, 0.3) is 11.1 Å². The minimum atomic E-state index is -0.364.